The molecule has 0 amide bonds. The molecule has 1 aromatic carbocycles. The first-order valence-corrected chi connectivity index (χ1v) is 6.07. The Morgan fingerprint density at radius 1 is 1.42 bits per heavy atom. The summed E-state index contributed by atoms with van der Waals surface area (Å²) < 4.78 is 18.7. The van der Waals surface area contributed by atoms with Crippen molar-refractivity contribution in [2.24, 2.45) is 0 Å². The van der Waals surface area contributed by atoms with Crippen molar-refractivity contribution in [2.75, 3.05) is 6.54 Å². The molecule has 0 spiro atoms. The van der Waals surface area contributed by atoms with Crippen molar-refractivity contribution < 1.29 is 8.91 Å². The van der Waals surface area contributed by atoms with Gasteiger partial charge in [0.2, 0.25) is 11.7 Å². The molecule has 1 fully saturated rings. The zero-order chi connectivity index (χ0) is 12.5. The van der Waals surface area contributed by atoms with E-state index in [1.165, 1.54) is 6.07 Å². The highest BCUT2D eigenvalue weighted by Crippen LogP contribution is 2.24. The van der Waals surface area contributed by atoms with Gasteiger partial charge in [0.1, 0.15) is 5.82 Å². The van der Waals surface area contributed by atoms with E-state index in [0.29, 0.717) is 22.8 Å². The molecule has 1 saturated heterocycles. The Kier molecular flexibility index (Phi) is 4.17. The molecular formula is C13H15ClFN3O. The maximum atomic E-state index is 13.5. The van der Waals surface area contributed by atoms with Gasteiger partial charge in [-0.25, -0.2) is 4.39 Å². The Labute approximate surface area is 116 Å². The smallest absolute Gasteiger partial charge is 0.244 e. The van der Waals surface area contributed by atoms with Crippen molar-refractivity contribution in [2.45, 2.75) is 25.8 Å². The molecule has 1 atom stereocenters. The Balaban J connectivity index is 0.00000133. The highest BCUT2D eigenvalue weighted by molar-refractivity contribution is 5.85. The Morgan fingerprint density at radius 3 is 2.95 bits per heavy atom. The van der Waals surface area contributed by atoms with Crippen molar-refractivity contribution >= 4 is 12.4 Å². The summed E-state index contributed by atoms with van der Waals surface area (Å²) in [6.07, 6.45) is 2.12. The molecule has 1 unspecified atom stereocenters. The minimum Gasteiger partial charge on any atom is -0.337 e. The van der Waals surface area contributed by atoms with E-state index < -0.39 is 0 Å². The molecule has 1 aromatic heterocycles. The van der Waals surface area contributed by atoms with Gasteiger partial charge in [0, 0.05) is 5.56 Å². The minimum absolute atomic E-state index is 0. The Bertz CT molecular complexity index is 567. The van der Waals surface area contributed by atoms with Gasteiger partial charge in [0.25, 0.3) is 0 Å². The van der Waals surface area contributed by atoms with E-state index in [0.717, 1.165) is 19.4 Å². The molecule has 2 aromatic rings. The zero-order valence-corrected chi connectivity index (χ0v) is 11.3. The maximum Gasteiger partial charge on any atom is 0.244 e. The SMILES string of the molecule is Cc1ccc(-c2noc(C3CCCN3)n2)cc1F.Cl. The number of nitrogens with one attached hydrogen (secondary N) is 1. The van der Waals surface area contributed by atoms with Crippen LogP contribution in [0.5, 0.6) is 0 Å². The number of halogens is 2. The second-order valence-corrected chi connectivity index (χ2v) is 4.57. The van der Waals surface area contributed by atoms with Gasteiger partial charge in [-0.1, -0.05) is 17.3 Å². The molecule has 19 heavy (non-hydrogen) atoms. The van der Waals surface area contributed by atoms with Gasteiger partial charge in [-0.3, -0.25) is 0 Å². The largest absolute Gasteiger partial charge is 0.337 e. The average Bonchev–Trinajstić information content (AvgIpc) is 3.01. The third-order valence-electron chi connectivity index (χ3n) is 3.23. The summed E-state index contributed by atoms with van der Waals surface area (Å²) in [5.74, 6) is 0.777. The van der Waals surface area contributed by atoms with Gasteiger partial charge in [-0.2, -0.15) is 4.98 Å². The quantitative estimate of drug-likeness (QED) is 0.920. The van der Waals surface area contributed by atoms with Gasteiger partial charge >= 0.3 is 0 Å². The lowest BCUT2D eigenvalue weighted by molar-refractivity contribution is 0.345. The molecule has 0 saturated carbocycles. The van der Waals surface area contributed by atoms with E-state index in [2.05, 4.69) is 15.5 Å². The predicted octanol–water partition coefficient (Wildman–Crippen LogP) is 3.03. The second-order valence-electron chi connectivity index (χ2n) is 4.57. The molecule has 2 heterocycles. The van der Waals surface area contributed by atoms with Gasteiger partial charge in [0.05, 0.1) is 6.04 Å². The van der Waals surface area contributed by atoms with Crippen LogP contribution in [0, 0.1) is 12.7 Å². The highest BCUT2D eigenvalue weighted by atomic mass is 35.5. The fourth-order valence-corrected chi connectivity index (χ4v) is 2.12. The van der Waals surface area contributed by atoms with E-state index in [4.69, 9.17) is 4.52 Å². The summed E-state index contributed by atoms with van der Waals surface area (Å²) >= 11 is 0. The standard InChI is InChI=1S/C13H14FN3O.ClH/c1-8-4-5-9(7-10(8)14)12-16-13(18-17-12)11-3-2-6-15-11;/h4-5,7,11,15H,2-3,6H2,1H3;1H. The molecule has 1 N–H and O–H groups in total. The third-order valence-corrected chi connectivity index (χ3v) is 3.23. The first-order valence-electron chi connectivity index (χ1n) is 6.07. The molecule has 0 aliphatic carbocycles. The summed E-state index contributed by atoms with van der Waals surface area (Å²) in [5.41, 5.74) is 1.26. The number of aryl methyl sites for hydroxylation is 1. The Morgan fingerprint density at radius 2 is 2.26 bits per heavy atom. The lowest BCUT2D eigenvalue weighted by atomic mass is 10.1. The number of hydrogen-bond donors (Lipinski definition) is 1. The van der Waals surface area contributed by atoms with Crippen LogP contribution in [-0.4, -0.2) is 16.7 Å². The van der Waals surface area contributed by atoms with Gasteiger partial charge in [-0.05, 0) is 37.9 Å². The fourth-order valence-electron chi connectivity index (χ4n) is 2.12. The van der Waals surface area contributed by atoms with Crippen LogP contribution in [0.25, 0.3) is 11.4 Å². The first kappa shape index (κ1) is 14.0. The normalized spacial score (nSPS) is 18.3. The molecule has 4 nitrogen and oxygen atoms in total. The number of hydrogen-bond acceptors (Lipinski definition) is 4. The van der Waals surface area contributed by atoms with Crippen LogP contribution in [0.15, 0.2) is 22.7 Å². The summed E-state index contributed by atoms with van der Waals surface area (Å²) in [5, 5.41) is 7.20. The molecular weight excluding hydrogens is 269 g/mol. The van der Waals surface area contributed by atoms with E-state index in [9.17, 15) is 4.39 Å². The topological polar surface area (TPSA) is 51.0 Å². The van der Waals surface area contributed by atoms with Crippen LogP contribution in [0.3, 0.4) is 0 Å². The van der Waals surface area contributed by atoms with Crippen LogP contribution in [0.1, 0.15) is 30.3 Å². The average molecular weight is 284 g/mol. The van der Waals surface area contributed by atoms with Crippen LogP contribution >= 0.6 is 12.4 Å². The van der Waals surface area contributed by atoms with Gasteiger partial charge < -0.3 is 9.84 Å². The van der Waals surface area contributed by atoms with Gasteiger partial charge in [0.15, 0.2) is 0 Å². The van der Waals surface area contributed by atoms with Crippen molar-refractivity contribution in [3.05, 3.63) is 35.5 Å². The molecule has 0 radical (unpaired) electrons. The summed E-state index contributed by atoms with van der Waals surface area (Å²) in [6, 6.07) is 5.09. The van der Waals surface area contributed by atoms with Crippen molar-refractivity contribution in [3.63, 3.8) is 0 Å². The zero-order valence-electron chi connectivity index (χ0n) is 10.5. The van der Waals surface area contributed by atoms with Crippen LogP contribution in [0.4, 0.5) is 4.39 Å². The van der Waals surface area contributed by atoms with Crippen molar-refractivity contribution in [3.8, 4) is 11.4 Å². The second kappa shape index (κ2) is 5.67. The van der Waals surface area contributed by atoms with E-state index in [-0.39, 0.29) is 24.3 Å². The Hall–Kier alpha value is -1.46. The number of benzene rings is 1. The monoisotopic (exact) mass is 283 g/mol. The summed E-state index contributed by atoms with van der Waals surface area (Å²) in [7, 11) is 0. The van der Waals surface area contributed by atoms with E-state index in [1.807, 2.05) is 0 Å². The summed E-state index contributed by atoms with van der Waals surface area (Å²) in [4.78, 5) is 4.33. The predicted molar refractivity (Wildman–Crippen MR) is 71.7 cm³/mol. The lowest BCUT2D eigenvalue weighted by Crippen LogP contribution is -2.12. The maximum absolute atomic E-state index is 13.5. The third kappa shape index (κ3) is 2.77. The van der Waals surface area contributed by atoms with Crippen LogP contribution < -0.4 is 5.32 Å². The van der Waals surface area contributed by atoms with Crippen molar-refractivity contribution in [1.29, 1.82) is 0 Å². The fraction of sp³-hybridized carbons (Fsp3) is 0.385. The summed E-state index contributed by atoms with van der Waals surface area (Å²) in [6.45, 7) is 2.70. The molecule has 3 rings (SSSR count). The lowest BCUT2D eigenvalue weighted by Gasteiger charge is -2.01. The molecule has 1 aliphatic rings. The van der Waals surface area contributed by atoms with Crippen LogP contribution in [-0.2, 0) is 0 Å². The van der Waals surface area contributed by atoms with Gasteiger partial charge in [-0.15, -0.1) is 12.4 Å². The van der Waals surface area contributed by atoms with E-state index >= 15 is 0 Å². The van der Waals surface area contributed by atoms with Crippen molar-refractivity contribution in [1.82, 2.24) is 15.5 Å². The minimum atomic E-state index is -0.252. The number of aromatic nitrogens is 2. The molecule has 6 heteroatoms. The molecule has 0 bridgehead atoms. The molecule has 1 aliphatic heterocycles. The number of nitrogens with zero attached hydrogens (tertiary/aromatic N) is 2. The highest BCUT2D eigenvalue weighted by Gasteiger charge is 2.22. The first-order chi connectivity index (χ1) is 8.74. The molecule has 102 valence electrons. The van der Waals surface area contributed by atoms with E-state index in [1.54, 1.807) is 19.1 Å². The van der Waals surface area contributed by atoms with Crippen LogP contribution in [0.2, 0.25) is 0 Å². The number of rotatable bonds is 2.